The Labute approximate surface area is 149 Å². The van der Waals surface area contributed by atoms with E-state index in [0.717, 1.165) is 45.6 Å². The van der Waals surface area contributed by atoms with E-state index in [1.165, 1.54) is 9.75 Å². The summed E-state index contributed by atoms with van der Waals surface area (Å²) < 4.78 is 5.81. The molecule has 134 valence electrons. The molecular weight excluding hydrogens is 322 g/mol. The average molecular weight is 352 g/mol. The van der Waals surface area contributed by atoms with E-state index in [-0.39, 0.29) is 6.03 Å². The van der Waals surface area contributed by atoms with Crippen molar-refractivity contribution in [2.75, 3.05) is 39.4 Å². The molecule has 3 rings (SSSR count). The van der Waals surface area contributed by atoms with Crippen molar-refractivity contribution in [3.8, 4) is 0 Å². The Morgan fingerprint density at radius 3 is 3.04 bits per heavy atom. The van der Waals surface area contributed by atoms with Crippen LogP contribution >= 0.6 is 11.3 Å². The molecule has 3 heterocycles. The molecule has 1 aromatic heterocycles. The molecule has 0 spiro atoms. The molecule has 0 aliphatic carbocycles. The topological polar surface area (TPSA) is 44.8 Å². The number of rotatable bonds is 4. The summed E-state index contributed by atoms with van der Waals surface area (Å²) >= 11 is 1.88. The fourth-order valence-electron chi connectivity index (χ4n) is 3.75. The number of thiophene rings is 1. The smallest absolute Gasteiger partial charge is 0.317 e. The Balaban J connectivity index is 1.61. The van der Waals surface area contributed by atoms with Gasteiger partial charge >= 0.3 is 6.03 Å². The summed E-state index contributed by atoms with van der Waals surface area (Å²) in [5, 5.41) is 3.04. The SMILES string of the molecule is CCCNC(=O)N1CCOC[C@H]2CN(Cc3ccc(C)s3)CC[C@H]21. The monoisotopic (exact) mass is 351 g/mol. The molecule has 2 fully saturated rings. The van der Waals surface area contributed by atoms with Gasteiger partial charge in [0.2, 0.25) is 0 Å². The molecule has 5 nitrogen and oxygen atoms in total. The van der Waals surface area contributed by atoms with Crippen molar-refractivity contribution in [2.24, 2.45) is 5.92 Å². The van der Waals surface area contributed by atoms with E-state index in [9.17, 15) is 4.79 Å². The van der Waals surface area contributed by atoms with Gasteiger partial charge in [0.05, 0.1) is 13.2 Å². The first kappa shape index (κ1) is 17.7. The molecule has 0 saturated carbocycles. The van der Waals surface area contributed by atoms with Crippen LogP contribution in [0.4, 0.5) is 4.79 Å². The highest BCUT2D eigenvalue weighted by atomic mass is 32.1. The summed E-state index contributed by atoms with van der Waals surface area (Å²) in [6, 6.07) is 4.83. The van der Waals surface area contributed by atoms with Gasteiger partial charge in [-0.2, -0.15) is 0 Å². The first-order valence-corrected chi connectivity index (χ1v) is 9.89. The van der Waals surface area contributed by atoms with Gasteiger partial charge in [0.1, 0.15) is 0 Å². The minimum atomic E-state index is 0.0830. The summed E-state index contributed by atoms with van der Waals surface area (Å²) in [4.78, 5) is 19.8. The number of aryl methyl sites for hydroxylation is 1. The number of carbonyl (C=O) groups is 1. The van der Waals surface area contributed by atoms with Crippen LogP contribution in [0.5, 0.6) is 0 Å². The van der Waals surface area contributed by atoms with E-state index >= 15 is 0 Å². The molecule has 2 saturated heterocycles. The predicted molar refractivity (Wildman–Crippen MR) is 97.4 cm³/mol. The summed E-state index contributed by atoms with van der Waals surface area (Å²) in [5.41, 5.74) is 0. The van der Waals surface area contributed by atoms with Gasteiger partial charge in [-0.1, -0.05) is 6.92 Å². The zero-order valence-corrected chi connectivity index (χ0v) is 15.6. The lowest BCUT2D eigenvalue weighted by atomic mass is 9.91. The Hall–Kier alpha value is -1.11. The number of hydrogen-bond donors (Lipinski definition) is 1. The summed E-state index contributed by atoms with van der Waals surface area (Å²) in [5.74, 6) is 0.412. The minimum Gasteiger partial charge on any atom is -0.379 e. The third-order valence-electron chi connectivity index (χ3n) is 4.95. The third kappa shape index (κ3) is 4.29. The highest BCUT2D eigenvalue weighted by Gasteiger charge is 2.37. The van der Waals surface area contributed by atoms with Crippen molar-refractivity contribution in [2.45, 2.75) is 39.3 Å². The number of hydrogen-bond acceptors (Lipinski definition) is 4. The number of fused-ring (bicyclic) bond motifs is 1. The van der Waals surface area contributed by atoms with Crippen LogP contribution in [-0.2, 0) is 11.3 Å². The lowest BCUT2D eigenvalue weighted by molar-refractivity contribution is 0.0546. The number of nitrogens with one attached hydrogen (secondary N) is 1. The van der Waals surface area contributed by atoms with Crippen LogP contribution in [-0.4, -0.2) is 61.3 Å². The average Bonchev–Trinajstić information content (AvgIpc) is 2.86. The predicted octanol–water partition coefficient (Wildman–Crippen LogP) is 2.70. The summed E-state index contributed by atoms with van der Waals surface area (Å²) in [7, 11) is 0. The summed E-state index contributed by atoms with van der Waals surface area (Å²) in [6.45, 7) is 10.2. The molecule has 1 aromatic rings. The van der Waals surface area contributed by atoms with Crippen LogP contribution in [0, 0.1) is 12.8 Å². The second-order valence-corrected chi connectivity index (χ2v) is 8.24. The first-order chi connectivity index (χ1) is 11.7. The molecule has 0 aromatic carbocycles. The number of nitrogens with zero attached hydrogens (tertiary/aromatic N) is 2. The van der Waals surface area contributed by atoms with E-state index in [2.05, 4.69) is 36.2 Å². The number of likely N-dealkylation sites (tertiary alicyclic amines) is 1. The Morgan fingerprint density at radius 1 is 1.42 bits per heavy atom. The van der Waals surface area contributed by atoms with Gasteiger partial charge in [-0.05, 0) is 31.9 Å². The van der Waals surface area contributed by atoms with Crippen LogP contribution in [0.15, 0.2) is 12.1 Å². The zero-order chi connectivity index (χ0) is 16.9. The zero-order valence-electron chi connectivity index (χ0n) is 14.8. The minimum absolute atomic E-state index is 0.0830. The molecule has 24 heavy (non-hydrogen) atoms. The van der Waals surface area contributed by atoms with Gasteiger partial charge in [0.15, 0.2) is 0 Å². The largest absolute Gasteiger partial charge is 0.379 e. The van der Waals surface area contributed by atoms with E-state index in [0.29, 0.717) is 25.1 Å². The number of ether oxygens (including phenoxy) is 1. The first-order valence-electron chi connectivity index (χ1n) is 9.07. The Morgan fingerprint density at radius 2 is 2.29 bits per heavy atom. The maximum atomic E-state index is 12.5. The van der Waals surface area contributed by atoms with Gasteiger partial charge in [-0.15, -0.1) is 11.3 Å². The van der Waals surface area contributed by atoms with Crippen molar-refractivity contribution in [1.29, 1.82) is 0 Å². The van der Waals surface area contributed by atoms with Crippen LogP contribution in [0.25, 0.3) is 0 Å². The molecule has 2 atom stereocenters. The quantitative estimate of drug-likeness (QED) is 0.907. The van der Waals surface area contributed by atoms with Crippen LogP contribution in [0.2, 0.25) is 0 Å². The van der Waals surface area contributed by atoms with Crippen molar-refractivity contribution < 1.29 is 9.53 Å². The maximum absolute atomic E-state index is 12.5. The van der Waals surface area contributed by atoms with E-state index in [4.69, 9.17) is 4.74 Å². The van der Waals surface area contributed by atoms with Crippen LogP contribution < -0.4 is 5.32 Å². The van der Waals surface area contributed by atoms with Gasteiger partial charge in [-0.25, -0.2) is 4.79 Å². The molecule has 1 N–H and O–H groups in total. The number of amides is 2. The molecule has 0 radical (unpaired) electrons. The number of piperidine rings is 1. The molecule has 6 heteroatoms. The van der Waals surface area contributed by atoms with E-state index < -0.39 is 0 Å². The molecule has 2 aliphatic heterocycles. The highest BCUT2D eigenvalue weighted by Crippen LogP contribution is 2.27. The second-order valence-electron chi connectivity index (χ2n) is 6.86. The third-order valence-corrected chi connectivity index (χ3v) is 5.93. The molecule has 2 aliphatic rings. The second kappa shape index (κ2) is 8.32. The summed E-state index contributed by atoms with van der Waals surface area (Å²) in [6.07, 6.45) is 2.01. The number of carbonyl (C=O) groups excluding carboxylic acids is 1. The van der Waals surface area contributed by atoms with Crippen molar-refractivity contribution in [3.63, 3.8) is 0 Å². The van der Waals surface area contributed by atoms with Gasteiger partial charge < -0.3 is 15.0 Å². The number of urea groups is 1. The standard InChI is InChI=1S/C18H29N3O2S/c1-3-7-19-18(22)21-9-10-23-13-15-11-20(8-6-17(15)21)12-16-5-4-14(2)24-16/h4-5,15,17H,3,6-13H2,1-2H3,(H,19,22)/t15-,17-/m1/s1. The normalized spacial score (nSPS) is 25.2. The highest BCUT2D eigenvalue weighted by molar-refractivity contribution is 7.11. The van der Waals surface area contributed by atoms with E-state index in [1.807, 2.05) is 16.2 Å². The van der Waals surface area contributed by atoms with Crippen LogP contribution in [0.1, 0.15) is 29.5 Å². The van der Waals surface area contributed by atoms with Crippen molar-refractivity contribution >= 4 is 17.4 Å². The Bertz CT molecular complexity index is 548. The lowest BCUT2D eigenvalue weighted by Gasteiger charge is -2.41. The van der Waals surface area contributed by atoms with Gasteiger partial charge in [0, 0.05) is 54.4 Å². The maximum Gasteiger partial charge on any atom is 0.317 e. The van der Waals surface area contributed by atoms with Crippen molar-refractivity contribution in [1.82, 2.24) is 15.1 Å². The molecule has 0 unspecified atom stereocenters. The van der Waals surface area contributed by atoms with Gasteiger partial charge in [-0.3, -0.25) is 4.90 Å². The fourth-order valence-corrected chi connectivity index (χ4v) is 4.69. The Kier molecular flexibility index (Phi) is 6.14. The molecule has 2 amide bonds. The molecule has 0 bridgehead atoms. The van der Waals surface area contributed by atoms with Crippen molar-refractivity contribution in [3.05, 3.63) is 21.9 Å². The fraction of sp³-hybridized carbons (Fsp3) is 0.722. The van der Waals surface area contributed by atoms with Crippen LogP contribution in [0.3, 0.4) is 0 Å². The van der Waals surface area contributed by atoms with Gasteiger partial charge in [0.25, 0.3) is 0 Å². The lowest BCUT2D eigenvalue weighted by Crippen LogP contribution is -2.55. The van der Waals surface area contributed by atoms with E-state index in [1.54, 1.807) is 0 Å². The molecular formula is C18H29N3O2S.